The average Bonchev–Trinajstić information content (AvgIpc) is 2.12. The van der Waals surface area contributed by atoms with Gasteiger partial charge in [-0.15, -0.1) is 0 Å². The Bertz CT molecular complexity index is 306. The van der Waals surface area contributed by atoms with Crippen molar-refractivity contribution in [1.29, 1.82) is 0 Å². The molecule has 0 heterocycles. The van der Waals surface area contributed by atoms with Crippen LogP contribution >= 0.6 is 11.6 Å². The van der Waals surface area contributed by atoms with Crippen molar-refractivity contribution >= 4 is 11.6 Å². The first-order chi connectivity index (χ1) is 6.20. The Morgan fingerprint density at radius 1 is 1.62 bits per heavy atom. The summed E-state index contributed by atoms with van der Waals surface area (Å²) in [5, 5.41) is 8.38. The van der Waals surface area contributed by atoms with Gasteiger partial charge >= 0.3 is 0 Å². The van der Waals surface area contributed by atoms with Gasteiger partial charge in [0, 0.05) is 12.1 Å². The van der Waals surface area contributed by atoms with Crippen LogP contribution in [0.15, 0.2) is 12.1 Å². The number of hydroxylamine groups is 1. The minimum absolute atomic E-state index is 0.0738. The van der Waals surface area contributed by atoms with Crippen LogP contribution in [0.25, 0.3) is 0 Å². The molecule has 0 aromatic heterocycles. The lowest BCUT2D eigenvalue weighted by atomic mass is 10.2. The van der Waals surface area contributed by atoms with Crippen molar-refractivity contribution in [3.05, 3.63) is 28.5 Å². The van der Waals surface area contributed by atoms with Crippen LogP contribution in [-0.2, 0) is 6.54 Å². The Labute approximate surface area is 80.0 Å². The molecular weight excluding hydrogens is 197 g/mol. The molecular formula is C8H9ClFNO2. The van der Waals surface area contributed by atoms with Gasteiger partial charge in [0.1, 0.15) is 16.6 Å². The smallest absolute Gasteiger partial charge is 0.145 e. The lowest BCUT2D eigenvalue weighted by molar-refractivity contribution is 0.160. The molecule has 0 atom stereocenters. The van der Waals surface area contributed by atoms with Crippen molar-refractivity contribution in [3.8, 4) is 5.75 Å². The fourth-order valence-electron chi connectivity index (χ4n) is 1.02. The minimum atomic E-state index is -0.541. The maximum Gasteiger partial charge on any atom is 0.145 e. The van der Waals surface area contributed by atoms with Crippen molar-refractivity contribution in [3.63, 3.8) is 0 Å². The van der Waals surface area contributed by atoms with Crippen LogP contribution in [0.4, 0.5) is 4.39 Å². The van der Waals surface area contributed by atoms with Crippen LogP contribution in [0.5, 0.6) is 5.75 Å². The first-order valence-corrected chi connectivity index (χ1v) is 3.96. The number of halogens is 2. The standard InChI is InChI=1S/C8H9ClFNO2/c1-13-8-5(4-11-12)2-3-6(10)7(8)9/h2-3,11-12H,4H2,1H3. The minimum Gasteiger partial charge on any atom is -0.495 e. The summed E-state index contributed by atoms with van der Waals surface area (Å²) in [6.07, 6.45) is 0. The van der Waals surface area contributed by atoms with Crippen molar-refractivity contribution in [2.45, 2.75) is 6.54 Å². The Balaban J connectivity index is 3.13. The number of methoxy groups -OCH3 is 1. The summed E-state index contributed by atoms with van der Waals surface area (Å²) in [5.74, 6) is -0.302. The van der Waals surface area contributed by atoms with Crippen LogP contribution < -0.4 is 10.2 Å². The summed E-state index contributed by atoms with van der Waals surface area (Å²) in [6, 6.07) is 2.71. The van der Waals surface area contributed by atoms with E-state index in [1.165, 1.54) is 19.2 Å². The molecule has 0 radical (unpaired) electrons. The molecule has 1 aromatic rings. The Hall–Kier alpha value is -0.840. The van der Waals surface area contributed by atoms with Gasteiger partial charge < -0.3 is 9.94 Å². The zero-order chi connectivity index (χ0) is 9.84. The molecule has 0 aliphatic heterocycles. The van der Waals surface area contributed by atoms with Crippen LogP contribution in [0.2, 0.25) is 5.02 Å². The van der Waals surface area contributed by atoms with Gasteiger partial charge in [0.2, 0.25) is 0 Å². The van der Waals surface area contributed by atoms with E-state index in [1.807, 2.05) is 5.48 Å². The van der Waals surface area contributed by atoms with Crippen molar-refractivity contribution in [2.24, 2.45) is 0 Å². The number of hydrogen-bond acceptors (Lipinski definition) is 3. The van der Waals surface area contributed by atoms with E-state index in [-0.39, 0.29) is 17.3 Å². The molecule has 5 heteroatoms. The predicted molar refractivity (Wildman–Crippen MR) is 46.6 cm³/mol. The summed E-state index contributed by atoms with van der Waals surface area (Å²) >= 11 is 5.62. The summed E-state index contributed by atoms with van der Waals surface area (Å²) in [7, 11) is 1.39. The van der Waals surface area contributed by atoms with Gasteiger partial charge in [0.05, 0.1) is 7.11 Å². The maximum absolute atomic E-state index is 12.9. The normalized spacial score (nSPS) is 10.2. The topological polar surface area (TPSA) is 41.5 Å². The van der Waals surface area contributed by atoms with Gasteiger partial charge in [-0.3, -0.25) is 0 Å². The molecule has 1 aromatic carbocycles. The highest BCUT2D eigenvalue weighted by atomic mass is 35.5. The predicted octanol–water partition coefficient (Wildman–Crippen LogP) is 1.97. The summed E-state index contributed by atoms with van der Waals surface area (Å²) in [5.41, 5.74) is 2.54. The van der Waals surface area contributed by atoms with Gasteiger partial charge in [-0.1, -0.05) is 17.7 Å². The Morgan fingerprint density at radius 3 is 2.85 bits per heavy atom. The first kappa shape index (κ1) is 10.2. The third-order valence-electron chi connectivity index (χ3n) is 1.61. The Kier molecular flexibility index (Phi) is 3.48. The first-order valence-electron chi connectivity index (χ1n) is 3.58. The summed E-state index contributed by atoms with van der Waals surface area (Å²) in [4.78, 5) is 0. The molecule has 0 saturated heterocycles. The van der Waals surface area contributed by atoms with Gasteiger partial charge in [0.15, 0.2) is 0 Å². The van der Waals surface area contributed by atoms with Gasteiger partial charge in [0.25, 0.3) is 0 Å². The van der Waals surface area contributed by atoms with E-state index in [9.17, 15) is 4.39 Å². The van der Waals surface area contributed by atoms with Crippen LogP contribution in [-0.4, -0.2) is 12.3 Å². The lowest BCUT2D eigenvalue weighted by Gasteiger charge is -2.09. The molecule has 0 fully saturated rings. The third kappa shape index (κ3) is 2.09. The molecule has 0 unspecified atom stereocenters. The number of nitrogens with one attached hydrogen (secondary N) is 1. The van der Waals surface area contributed by atoms with E-state index >= 15 is 0 Å². The quantitative estimate of drug-likeness (QED) is 0.742. The van der Waals surface area contributed by atoms with E-state index in [0.717, 1.165) is 0 Å². The van der Waals surface area contributed by atoms with E-state index < -0.39 is 5.82 Å². The van der Waals surface area contributed by atoms with E-state index in [4.69, 9.17) is 21.5 Å². The molecule has 0 amide bonds. The second kappa shape index (κ2) is 4.41. The van der Waals surface area contributed by atoms with Crippen molar-refractivity contribution < 1.29 is 14.3 Å². The third-order valence-corrected chi connectivity index (χ3v) is 1.96. The molecule has 0 saturated carbocycles. The fourth-order valence-corrected chi connectivity index (χ4v) is 1.28. The van der Waals surface area contributed by atoms with Gasteiger partial charge in [-0.05, 0) is 6.07 Å². The highest BCUT2D eigenvalue weighted by Gasteiger charge is 2.11. The maximum atomic E-state index is 12.9. The molecule has 3 nitrogen and oxygen atoms in total. The highest BCUT2D eigenvalue weighted by Crippen LogP contribution is 2.30. The molecule has 0 bridgehead atoms. The van der Waals surface area contributed by atoms with Crippen LogP contribution in [0, 0.1) is 5.82 Å². The summed E-state index contributed by atoms with van der Waals surface area (Å²) in [6.45, 7) is 0.156. The van der Waals surface area contributed by atoms with Crippen molar-refractivity contribution in [1.82, 2.24) is 5.48 Å². The zero-order valence-electron chi connectivity index (χ0n) is 6.97. The monoisotopic (exact) mass is 205 g/mol. The van der Waals surface area contributed by atoms with E-state index in [1.54, 1.807) is 0 Å². The fraction of sp³-hybridized carbons (Fsp3) is 0.250. The molecule has 72 valence electrons. The second-order valence-electron chi connectivity index (χ2n) is 2.39. The molecule has 13 heavy (non-hydrogen) atoms. The highest BCUT2D eigenvalue weighted by molar-refractivity contribution is 6.32. The van der Waals surface area contributed by atoms with Gasteiger partial charge in [-0.2, -0.15) is 0 Å². The number of ether oxygens (including phenoxy) is 1. The second-order valence-corrected chi connectivity index (χ2v) is 2.77. The largest absolute Gasteiger partial charge is 0.495 e. The molecule has 0 aliphatic rings. The molecule has 0 aliphatic carbocycles. The van der Waals surface area contributed by atoms with E-state index in [0.29, 0.717) is 5.56 Å². The SMILES string of the molecule is COc1c(CNO)ccc(F)c1Cl. The molecule has 1 rings (SSSR count). The lowest BCUT2D eigenvalue weighted by Crippen LogP contribution is -2.08. The van der Waals surface area contributed by atoms with Gasteiger partial charge in [-0.25, -0.2) is 9.87 Å². The van der Waals surface area contributed by atoms with E-state index in [2.05, 4.69) is 0 Å². The molecule has 0 spiro atoms. The van der Waals surface area contributed by atoms with Crippen LogP contribution in [0.1, 0.15) is 5.56 Å². The van der Waals surface area contributed by atoms with Crippen LogP contribution in [0.3, 0.4) is 0 Å². The summed E-state index contributed by atoms with van der Waals surface area (Å²) < 4.78 is 17.8. The van der Waals surface area contributed by atoms with Crippen molar-refractivity contribution in [2.75, 3.05) is 7.11 Å². The average molecular weight is 206 g/mol. The number of hydrogen-bond donors (Lipinski definition) is 2. The number of rotatable bonds is 3. The molecule has 2 N–H and O–H groups in total. The Morgan fingerprint density at radius 2 is 2.31 bits per heavy atom. The number of benzene rings is 1. The zero-order valence-corrected chi connectivity index (χ0v) is 7.73.